The molecule has 0 bridgehead atoms. The zero-order valence-corrected chi connectivity index (χ0v) is 16.9. The second-order valence-corrected chi connectivity index (χ2v) is 7.18. The van der Waals surface area contributed by atoms with Crippen molar-refractivity contribution in [1.29, 1.82) is 0 Å². The molecule has 2 aromatic carbocycles. The Morgan fingerprint density at radius 3 is 2.43 bits per heavy atom. The first-order valence-corrected chi connectivity index (χ1v) is 10.2. The predicted molar refractivity (Wildman–Crippen MR) is 114 cm³/mol. The van der Waals surface area contributed by atoms with Crippen molar-refractivity contribution in [2.45, 2.75) is 26.3 Å². The molecule has 1 heterocycles. The molecule has 5 nitrogen and oxygen atoms in total. The summed E-state index contributed by atoms with van der Waals surface area (Å²) in [5.41, 5.74) is 2.30. The normalized spacial score (nSPS) is 15.9. The van der Waals surface area contributed by atoms with Crippen molar-refractivity contribution in [3.8, 4) is 5.75 Å². The van der Waals surface area contributed by atoms with Crippen LogP contribution in [0.4, 0.5) is 5.69 Å². The largest absolute Gasteiger partial charge is 0.492 e. The van der Waals surface area contributed by atoms with Crippen molar-refractivity contribution in [2.75, 3.05) is 44.2 Å². The van der Waals surface area contributed by atoms with Crippen LogP contribution in [0.5, 0.6) is 5.75 Å². The summed E-state index contributed by atoms with van der Waals surface area (Å²) < 4.78 is 5.76. The first-order valence-electron chi connectivity index (χ1n) is 10.2. The number of nitrogens with zero attached hydrogens (tertiary/aromatic N) is 2. The lowest BCUT2D eigenvalue weighted by Crippen LogP contribution is -2.47. The Kier molecular flexibility index (Phi) is 7.31. The highest BCUT2D eigenvalue weighted by molar-refractivity contribution is 5.76. The van der Waals surface area contributed by atoms with Crippen LogP contribution in [-0.4, -0.2) is 50.1 Å². The van der Waals surface area contributed by atoms with E-state index in [1.165, 1.54) is 5.69 Å². The zero-order valence-electron chi connectivity index (χ0n) is 16.9. The van der Waals surface area contributed by atoms with Crippen LogP contribution in [0.25, 0.3) is 0 Å². The molecule has 1 aliphatic rings. The van der Waals surface area contributed by atoms with Gasteiger partial charge in [-0.2, -0.15) is 0 Å². The molecule has 0 aliphatic carbocycles. The van der Waals surface area contributed by atoms with Gasteiger partial charge in [0.25, 0.3) is 0 Å². The van der Waals surface area contributed by atoms with Crippen molar-refractivity contribution in [3.63, 3.8) is 0 Å². The van der Waals surface area contributed by atoms with Gasteiger partial charge >= 0.3 is 0 Å². The van der Waals surface area contributed by atoms with Gasteiger partial charge in [0.15, 0.2) is 0 Å². The van der Waals surface area contributed by atoms with Crippen LogP contribution in [0.15, 0.2) is 54.6 Å². The van der Waals surface area contributed by atoms with Gasteiger partial charge in [0.05, 0.1) is 18.3 Å². The predicted octanol–water partition coefficient (Wildman–Crippen LogP) is 3.47. The van der Waals surface area contributed by atoms with Gasteiger partial charge in [-0.15, -0.1) is 0 Å². The SMILES string of the molecule is CCOc1ccccc1N1CCN(CCC(=O)N[C@@H](C)c2ccccc2)CC1. The molecule has 3 rings (SSSR count). The van der Waals surface area contributed by atoms with E-state index in [4.69, 9.17) is 4.74 Å². The van der Waals surface area contributed by atoms with Crippen molar-refractivity contribution in [2.24, 2.45) is 0 Å². The van der Waals surface area contributed by atoms with Crippen molar-refractivity contribution in [3.05, 3.63) is 60.2 Å². The Balaban J connectivity index is 1.43. The molecule has 0 unspecified atom stereocenters. The number of anilines is 1. The maximum absolute atomic E-state index is 12.3. The first-order chi connectivity index (χ1) is 13.7. The Morgan fingerprint density at radius 1 is 1.04 bits per heavy atom. The molecule has 1 atom stereocenters. The average molecular weight is 382 g/mol. The van der Waals surface area contributed by atoms with E-state index in [0.717, 1.165) is 44.0 Å². The Hall–Kier alpha value is -2.53. The third-order valence-electron chi connectivity index (χ3n) is 5.21. The summed E-state index contributed by atoms with van der Waals surface area (Å²) in [5, 5.41) is 3.10. The molecule has 2 aromatic rings. The summed E-state index contributed by atoms with van der Waals surface area (Å²) in [6, 6.07) is 18.4. The molecule has 28 heavy (non-hydrogen) atoms. The number of ether oxygens (including phenoxy) is 1. The summed E-state index contributed by atoms with van der Waals surface area (Å²) in [7, 11) is 0. The van der Waals surface area contributed by atoms with E-state index in [9.17, 15) is 4.79 Å². The highest BCUT2D eigenvalue weighted by atomic mass is 16.5. The lowest BCUT2D eigenvalue weighted by atomic mass is 10.1. The number of hydrogen-bond acceptors (Lipinski definition) is 4. The molecule has 1 saturated heterocycles. The molecule has 1 N–H and O–H groups in total. The summed E-state index contributed by atoms with van der Waals surface area (Å²) >= 11 is 0. The summed E-state index contributed by atoms with van der Waals surface area (Å²) in [5.74, 6) is 1.06. The van der Waals surface area contributed by atoms with Crippen LogP contribution >= 0.6 is 0 Å². The number of carbonyl (C=O) groups is 1. The minimum absolute atomic E-state index is 0.0422. The number of carbonyl (C=O) groups excluding carboxylic acids is 1. The highest BCUT2D eigenvalue weighted by Gasteiger charge is 2.20. The van der Waals surface area contributed by atoms with Crippen molar-refractivity contribution >= 4 is 11.6 Å². The lowest BCUT2D eigenvalue weighted by Gasteiger charge is -2.36. The molecule has 1 aliphatic heterocycles. The average Bonchev–Trinajstić information content (AvgIpc) is 2.74. The minimum atomic E-state index is 0.0422. The third kappa shape index (κ3) is 5.49. The maximum atomic E-state index is 12.3. The Labute approximate surface area is 168 Å². The number of hydrogen-bond donors (Lipinski definition) is 1. The minimum Gasteiger partial charge on any atom is -0.492 e. The van der Waals surface area contributed by atoms with Crippen LogP contribution < -0.4 is 15.0 Å². The number of rotatable bonds is 8. The molecule has 0 radical (unpaired) electrons. The first kappa shape index (κ1) is 20.2. The number of nitrogens with one attached hydrogen (secondary N) is 1. The number of piperazine rings is 1. The molecule has 0 aromatic heterocycles. The second-order valence-electron chi connectivity index (χ2n) is 7.18. The van der Waals surface area contributed by atoms with E-state index in [0.29, 0.717) is 13.0 Å². The fourth-order valence-corrected chi connectivity index (χ4v) is 3.61. The molecular weight excluding hydrogens is 350 g/mol. The van der Waals surface area contributed by atoms with Crippen molar-refractivity contribution < 1.29 is 9.53 Å². The van der Waals surface area contributed by atoms with Crippen LogP contribution in [-0.2, 0) is 4.79 Å². The Bertz CT molecular complexity index is 743. The van der Waals surface area contributed by atoms with E-state index in [-0.39, 0.29) is 11.9 Å². The fraction of sp³-hybridized carbons (Fsp3) is 0.435. The highest BCUT2D eigenvalue weighted by Crippen LogP contribution is 2.28. The molecule has 5 heteroatoms. The smallest absolute Gasteiger partial charge is 0.221 e. The van der Waals surface area contributed by atoms with E-state index in [1.807, 2.05) is 56.3 Å². The molecule has 150 valence electrons. The molecule has 1 amide bonds. The van der Waals surface area contributed by atoms with Gasteiger partial charge in [0.1, 0.15) is 5.75 Å². The van der Waals surface area contributed by atoms with Gasteiger partial charge < -0.3 is 15.0 Å². The zero-order chi connectivity index (χ0) is 19.8. The number of amides is 1. The standard InChI is InChI=1S/C23H31N3O2/c1-3-28-22-12-8-7-11-21(22)26-17-15-25(16-18-26)14-13-23(27)24-19(2)20-9-5-4-6-10-20/h4-12,19H,3,13-18H2,1-2H3,(H,24,27)/t19-/m0/s1. The summed E-state index contributed by atoms with van der Waals surface area (Å²) in [4.78, 5) is 17.0. The maximum Gasteiger partial charge on any atom is 0.221 e. The quantitative estimate of drug-likeness (QED) is 0.760. The van der Waals surface area contributed by atoms with Crippen molar-refractivity contribution in [1.82, 2.24) is 10.2 Å². The molecule has 0 saturated carbocycles. The lowest BCUT2D eigenvalue weighted by molar-refractivity contribution is -0.122. The van der Waals surface area contributed by atoms with Gasteiger partial charge in [-0.3, -0.25) is 9.69 Å². The van der Waals surface area contributed by atoms with E-state index in [1.54, 1.807) is 0 Å². The Morgan fingerprint density at radius 2 is 1.71 bits per heavy atom. The van der Waals surface area contributed by atoms with Gasteiger partial charge in [-0.25, -0.2) is 0 Å². The van der Waals surface area contributed by atoms with Crippen LogP contribution in [0.3, 0.4) is 0 Å². The van der Waals surface area contributed by atoms with E-state index in [2.05, 4.69) is 27.2 Å². The van der Waals surface area contributed by atoms with E-state index >= 15 is 0 Å². The molecule has 1 fully saturated rings. The van der Waals surface area contributed by atoms with Crippen LogP contribution in [0.2, 0.25) is 0 Å². The van der Waals surface area contributed by atoms with Crippen LogP contribution in [0.1, 0.15) is 31.9 Å². The third-order valence-corrected chi connectivity index (χ3v) is 5.21. The topological polar surface area (TPSA) is 44.8 Å². The summed E-state index contributed by atoms with van der Waals surface area (Å²) in [6.07, 6.45) is 0.534. The van der Waals surface area contributed by atoms with Gasteiger partial charge in [0.2, 0.25) is 5.91 Å². The molecule has 0 spiro atoms. The fourth-order valence-electron chi connectivity index (χ4n) is 3.61. The van der Waals surface area contributed by atoms with Gasteiger partial charge in [-0.05, 0) is 31.5 Å². The number of para-hydroxylation sites is 2. The van der Waals surface area contributed by atoms with E-state index < -0.39 is 0 Å². The molecular formula is C23H31N3O2. The summed E-state index contributed by atoms with van der Waals surface area (Å²) in [6.45, 7) is 9.34. The van der Waals surface area contributed by atoms with Gasteiger partial charge in [-0.1, -0.05) is 42.5 Å². The monoisotopic (exact) mass is 381 g/mol. The second kappa shape index (κ2) is 10.1. The number of benzene rings is 2. The van der Waals surface area contributed by atoms with Crippen LogP contribution in [0, 0.1) is 0 Å². The van der Waals surface area contributed by atoms with Gasteiger partial charge in [0, 0.05) is 39.1 Å².